The molecule has 2 aliphatic rings. The lowest BCUT2D eigenvalue weighted by Crippen LogP contribution is -2.62. The lowest BCUT2D eigenvalue weighted by atomic mass is 9.71. The van der Waals surface area contributed by atoms with Crippen LogP contribution in [0.2, 0.25) is 0 Å². The van der Waals surface area contributed by atoms with Crippen molar-refractivity contribution in [3.05, 3.63) is 29.6 Å². The van der Waals surface area contributed by atoms with Crippen molar-refractivity contribution < 1.29 is 24.2 Å². The van der Waals surface area contributed by atoms with Gasteiger partial charge in [0.15, 0.2) is 0 Å². The molecule has 0 unspecified atom stereocenters. The van der Waals surface area contributed by atoms with E-state index < -0.39 is 17.5 Å². The molecule has 0 saturated carbocycles. The van der Waals surface area contributed by atoms with Crippen molar-refractivity contribution in [2.75, 3.05) is 26.7 Å². The fraction of sp³-hybridized carbons (Fsp3) is 0.529. The number of methoxy groups -OCH3 is 1. The van der Waals surface area contributed by atoms with E-state index in [9.17, 15) is 19.5 Å². The van der Waals surface area contributed by atoms with E-state index in [0.717, 1.165) is 6.42 Å². The summed E-state index contributed by atoms with van der Waals surface area (Å²) in [6, 6.07) is 2.95. The van der Waals surface area contributed by atoms with Gasteiger partial charge in [-0.25, -0.2) is 4.79 Å². The standard InChI is InChI=1S/C17H21N3O5/c1-25-15(23)11-3-4-12(19-9-11)14(22)20-8-5-13(21)17(10-20)6-2-7-18-16(17)24/h3-4,9,13,21H,2,5-8,10H2,1H3,(H,18,24)/t13-,17+/m0/s1. The number of aliphatic hydroxyl groups excluding tert-OH is 1. The van der Waals surface area contributed by atoms with E-state index in [-0.39, 0.29) is 29.6 Å². The summed E-state index contributed by atoms with van der Waals surface area (Å²) < 4.78 is 4.61. The Morgan fingerprint density at radius 3 is 2.88 bits per heavy atom. The third kappa shape index (κ3) is 3.09. The molecule has 8 heteroatoms. The van der Waals surface area contributed by atoms with Crippen LogP contribution >= 0.6 is 0 Å². The number of ether oxygens (including phenoxy) is 1. The summed E-state index contributed by atoms with van der Waals surface area (Å²) in [5.74, 6) is -1.04. The Morgan fingerprint density at radius 1 is 1.44 bits per heavy atom. The van der Waals surface area contributed by atoms with Crippen molar-refractivity contribution in [2.24, 2.45) is 5.41 Å². The molecular formula is C17H21N3O5. The number of nitrogens with one attached hydrogen (secondary N) is 1. The molecule has 0 aliphatic carbocycles. The molecule has 1 spiro atoms. The molecule has 2 aliphatic heterocycles. The van der Waals surface area contributed by atoms with E-state index in [1.165, 1.54) is 25.4 Å². The molecule has 25 heavy (non-hydrogen) atoms. The Kier molecular flexibility index (Phi) is 4.71. The molecule has 2 atom stereocenters. The fourth-order valence-corrected chi connectivity index (χ4v) is 3.54. The number of nitrogens with zero attached hydrogens (tertiary/aromatic N) is 2. The number of pyridine rings is 1. The van der Waals surface area contributed by atoms with Crippen LogP contribution in [0.4, 0.5) is 0 Å². The van der Waals surface area contributed by atoms with Crippen LogP contribution in [0.3, 0.4) is 0 Å². The largest absolute Gasteiger partial charge is 0.465 e. The second-order valence-electron chi connectivity index (χ2n) is 6.47. The zero-order chi connectivity index (χ0) is 18.0. The predicted molar refractivity (Wildman–Crippen MR) is 86.8 cm³/mol. The fourth-order valence-electron chi connectivity index (χ4n) is 3.54. The molecule has 2 N–H and O–H groups in total. The zero-order valence-electron chi connectivity index (χ0n) is 14.0. The monoisotopic (exact) mass is 347 g/mol. The Hall–Kier alpha value is -2.48. The summed E-state index contributed by atoms with van der Waals surface area (Å²) in [7, 11) is 1.27. The predicted octanol–water partition coefficient (Wildman–Crippen LogP) is -0.0286. The van der Waals surface area contributed by atoms with E-state index in [0.29, 0.717) is 25.9 Å². The van der Waals surface area contributed by atoms with Gasteiger partial charge in [-0.15, -0.1) is 0 Å². The van der Waals surface area contributed by atoms with Crippen LogP contribution in [-0.2, 0) is 9.53 Å². The lowest BCUT2D eigenvalue weighted by Gasteiger charge is -2.46. The number of piperidine rings is 2. The maximum atomic E-state index is 12.7. The zero-order valence-corrected chi connectivity index (χ0v) is 14.0. The highest BCUT2D eigenvalue weighted by atomic mass is 16.5. The van der Waals surface area contributed by atoms with Gasteiger partial charge in [-0.1, -0.05) is 0 Å². The summed E-state index contributed by atoms with van der Waals surface area (Å²) in [5.41, 5.74) is -0.496. The number of aromatic nitrogens is 1. The molecule has 0 aromatic carbocycles. The summed E-state index contributed by atoms with van der Waals surface area (Å²) in [4.78, 5) is 42.1. The maximum Gasteiger partial charge on any atom is 0.339 e. The van der Waals surface area contributed by atoms with Crippen molar-refractivity contribution in [2.45, 2.75) is 25.4 Å². The highest BCUT2D eigenvalue weighted by Gasteiger charge is 2.50. The normalized spacial score (nSPS) is 26.2. The van der Waals surface area contributed by atoms with Gasteiger partial charge in [0.05, 0.1) is 24.2 Å². The topological polar surface area (TPSA) is 109 Å². The first-order valence-electron chi connectivity index (χ1n) is 8.28. The smallest absolute Gasteiger partial charge is 0.339 e. The van der Waals surface area contributed by atoms with Gasteiger partial charge in [-0.05, 0) is 31.4 Å². The van der Waals surface area contributed by atoms with E-state index in [2.05, 4.69) is 15.0 Å². The summed E-state index contributed by atoms with van der Waals surface area (Å²) in [6.07, 6.45) is 2.21. The molecule has 2 amide bonds. The Labute approximate surface area is 145 Å². The summed E-state index contributed by atoms with van der Waals surface area (Å²) >= 11 is 0. The van der Waals surface area contributed by atoms with Crippen LogP contribution in [-0.4, -0.2) is 65.6 Å². The van der Waals surface area contributed by atoms with Gasteiger partial charge in [0.1, 0.15) is 5.69 Å². The highest BCUT2D eigenvalue weighted by molar-refractivity contribution is 5.95. The Morgan fingerprint density at radius 2 is 2.24 bits per heavy atom. The van der Waals surface area contributed by atoms with Gasteiger partial charge in [0, 0.05) is 25.8 Å². The first-order chi connectivity index (χ1) is 12.0. The first kappa shape index (κ1) is 17.3. The van der Waals surface area contributed by atoms with Crippen LogP contribution in [0.15, 0.2) is 18.3 Å². The van der Waals surface area contributed by atoms with Crippen LogP contribution in [0.5, 0.6) is 0 Å². The van der Waals surface area contributed by atoms with E-state index in [4.69, 9.17) is 0 Å². The molecule has 1 aromatic heterocycles. The molecule has 8 nitrogen and oxygen atoms in total. The molecule has 0 radical (unpaired) electrons. The number of hydrogen-bond donors (Lipinski definition) is 2. The summed E-state index contributed by atoms with van der Waals surface area (Å²) in [6.45, 7) is 1.12. The molecule has 134 valence electrons. The van der Waals surface area contributed by atoms with E-state index >= 15 is 0 Å². The molecule has 3 heterocycles. The number of carbonyl (C=O) groups is 3. The molecule has 3 rings (SSSR count). The number of hydrogen-bond acceptors (Lipinski definition) is 6. The van der Waals surface area contributed by atoms with Crippen LogP contribution in [0.1, 0.15) is 40.1 Å². The second kappa shape index (κ2) is 6.79. The van der Waals surface area contributed by atoms with Crippen molar-refractivity contribution in [1.82, 2.24) is 15.2 Å². The average Bonchev–Trinajstić information content (AvgIpc) is 2.65. The Balaban J connectivity index is 1.78. The van der Waals surface area contributed by atoms with Crippen LogP contribution in [0, 0.1) is 5.41 Å². The average molecular weight is 347 g/mol. The highest BCUT2D eigenvalue weighted by Crippen LogP contribution is 2.37. The molecule has 2 fully saturated rings. The minimum absolute atomic E-state index is 0.166. The van der Waals surface area contributed by atoms with Gasteiger partial charge in [0.25, 0.3) is 5.91 Å². The number of rotatable bonds is 2. The van der Waals surface area contributed by atoms with Gasteiger partial charge in [-0.2, -0.15) is 0 Å². The van der Waals surface area contributed by atoms with Crippen molar-refractivity contribution >= 4 is 17.8 Å². The molecule has 1 aromatic rings. The van der Waals surface area contributed by atoms with Gasteiger partial charge in [-0.3, -0.25) is 14.6 Å². The lowest BCUT2D eigenvalue weighted by molar-refractivity contribution is -0.147. The SMILES string of the molecule is COC(=O)c1ccc(C(=O)N2CC[C@H](O)[C@@]3(CCCNC3=O)C2)nc1. The molecule has 2 saturated heterocycles. The quantitative estimate of drug-likeness (QED) is 0.728. The van der Waals surface area contributed by atoms with Crippen LogP contribution in [0.25, 0.3) is 0 Å². The number of amides is 2. The van der Waals surface area contributed by atoms with Crippen molar-refractivity contribution in [3.63, 3.8) is 0 Å². The maximum absolute atomic E-state index is 12.7. The van der Waals surface area contributed by atoms with E-state index in [1.807, 2.05) is 0 Å². The minimum Gasteiger partial charge on any atom is -0.465 e. The molecular weight excluding hydrogens is 326 g/mol. The second-order valence-corrected chi connectivity index (χ2v) is 6.47. The van der Waals surface area contributed by atoms with Gasteiger partial charge < -0.3 is 20.1 Å². The number of likely N-dealkylation sites (tertiary alicyclic amines) is 1. The van der Waals surface area contributed by atoms with Gasteiger partial charge >= 0.3 is 5.97 Å². The van der Waals surface area contributed by atoms with Crippen molar-refractivity contribution in [1.29, 1.82) is 0 Å². The van der Waals surface area contributed by atoms with E-state index in [1.54, 1.807) is 4.90 Å². The van der Waals surface area contributed by atoms with Gasteiger partial charge in [0.2, 0.25) is 5.91 Å². The Bertz CT molecular complexity index is 690. The third-order valence-corrected chi connectivity index (χ3v) is 5.01. The summed E-state index contributed by atoms with van der Waals surface area (Å²) in [5, 5.41) is 13.2. The first-order valence-corrected chi connectivity index (χ1v) is 8.28. The van der Waals surface area contributed by atoms with Crippen LogP contribution < -0.4 is 5.32 Å². The number of esters is 1. The minimum atomic E-state index is -0.946. The molecule has 0 bridgehead atoms. The third-order valence-electron chi connectivity index (χ3n) is 5.01. The number of carbonyl (C=O) groups excluding carboxylic acids is 3. The van der Waals surface area contributed by atoms with Crippen molar-refractivity contribution in [3.8, 4) is 0 Å². The number of aliphatic hydroxyl groups is 1.